The van der Waals surface area contributed by atoms with Gasteiger partial charge in [0.25, 0.3) is 0 Å². The molecule has 1 aliphatic heterocycles. The number of thioether (sulfide) groups is 1. The molecule has 0 atom stereocenters. The Hall–Kier alpha value is 0.830. The van der Waals surface area contributed by atoms with Crippen molar-refractivity contribution in [1.29, 1.82) is 0 Å². The summed E-state index contributed by atoms with van der Waals surface area (Å²) < 4.78 is 0. The maximum absolute atomic E-state index is 2.07. The van der Waals surface area contributed by atoms with Gasteiger partial charge >= 0.3 is 0 Å². The second-order valence-electron chi connectivity index (χ2n) is 1.32. The van der Waals surface area contributed by atoms with Gasteiger partial charge in [0.2, 0.25) is 0 Å². The Kier molecular flexibility index (Phi) is 4.56. The highest BCUT2D eigenvalue weighted by Gasteiger charge is 1.95. The average molecular weight is 169 g/mol. The van der Waals surface area contributed by atoms with Crippen LogP contribution in [0.3, 0.4) is 0 Å². The van der Waals surface area contributed by atoms with E-state index >= 15 is 0 Å². The van der Waals surface area contributed by atoms with E-state index in [1.807, 2.05) is 0 Å². The van der Waals surface area contributed by atoms with Crippen molar-refractivity contribution >= 4 is 28.7 Å². The zero-order valence-corrected chi connectivity index (χ0v) is 6.17. The maximum Gasteiger partial charge on any atom is -0.00672 e. The molecule has 0 aromatic rings. The van der Waals surface area contributed by atoms with Crippen molar-refractivity contribution in [3.8, 4) is 0 Å². The second kappa shape index (κ2) is 4.00. The summed E-state index contributed by atoms with van der Waals surface area (Å²) in [6.45, 7) is 0. The Labute approximate surface area is 53.5 Å². The van der Waals surface area contributed by atoms with Crippen LogP contribution in [0.15, 0.2) is 0 Å². The van der Waals surface area contributed by atoms with Crippen LogP contribution in [0.5, 0.6) is 0 Å². The van der Waals surface area contributed by atoms with Crippen LogP contribution in [0.1, 0.15) is 12.8 Å². The number of hydrogen-bond donors (Lipinski definition) is 0. The summed E-state index contributed by atoms with van der Waals surface area (Å²) in [5.74, 6) is 2.83. The summed E-state index contributed by atoms with van der Waals surface area (Å²) in [6, 6.07) is 0. The summed E-state index contributed by atoms with van der Waals surface area (Å²) >= 11 is 2.07. The first-order valence-corrected chi connectivity index (χ1v) is 3.23. The Balaban J connectivity index is 0.000000250. The van der Waals surface area contributed by atoms with Crippen LogP contribution in [0.4, 0.5) is 0 Å². The molecule has 0 unspecified atom stereocenters. The summed E-state index contributed by atoms with van der Waals surface area (Å²) in [6.07, 6.45) is 2.93. The van der Waals surface area contributed by atoms with Crippen molar-refractivity contribution in [2.75, 3.05) is 11.5 Å². The van der Waals surface area contributed by atoms with E-state index in [2.05, 4.69) is 11.8 Å². The molecular weight excluding hydrogens is 160 g/mol. The van der Waals surface area contributed by atoms with Crippen LogP contribution in [0.25, 0.3) is 0 Å². The fraction of sp³-hybridized carbons (Fsp3) is 1.00. The van der Waals surface area contributed by atoms with Gasteiger partial charge in [0, 0.05) is 0 Å². The molecule has 1 aliphatic rings. The predicted octanol–water partition coefficient (Wildman–Crippen LogP) is 2.09. The Bertz CT molecular complexity index is 19.1. The van der Waals surface area contributed by atoms with E-state index in [-0.39, 0.29) is 17.0 Å². The molecule has 0 saturated carbocycles. The highest BCUT2D eigenvalue weighted by molar-refractivity contribution is 8.93. The van der Waals surface area contributed by atoms with Crippen molar-refractivity contribution in [2.45, 2.75) is 12.8 Å². The van der Waals surface area contributed by atoms with Crippen molar-refractivity contribution < 1.29 is 0 Å². The van der Waals surface area contributed by atoms with E-state index < -0.39 is 0 Å². The minimum atomic E-state index is 0. The van der Waals surface area contributed by atoms with Gasteiger partial charge in [-0.3, -0.25) is 0 Å². The van der Waals surface area contributed by atoms with Crippen LogP contribution < -0.4 is 0 Å². The molecule has 0 bridgehead atoms. The lowest BCUT2D eigenvalue weighted by atomic mass is 10.4. The lowest BCUT2D eigenvalue weighted by Gasteiger charge is -1.69. The van der Waals surface area contributed by atoms with Crippen molar-refractivity contribution in [2.24, 2.45) is 0 Å². The highest BCUT2D eigenvalue weighted by Crippen LogP contribution is 2.14. The third-order valence-electron chi connectivity index (χ3n) is 0.827. The van der Waals surface area contributed by atoms with Gasteiger partial charge in [0.15, 0.2) is 0 Å². The molecule has 38 valence electrons. The van der Waals surface area contributed by atoms with E-state index in [4.69, 9.17) is 0 Å². The molecule has 0 spiro atoms. The largest absolute Gasteiger partial charge is 0.162 e. The molecule has 6 heavy (non-hydrogen) atoms. The normalized spacial score (nSPS) is 20.0. The SMILES string of the molecule is Br.C1CCSC1. The lowest BCUT2D eigenvalue weighted by Crippen LogP contribution is -1.58. The maximum atomic E-state index is 2.07. The minimum Gasteiger partial charge on any atom is -0.162 e. The summed E-state index contributed by atoms with van der Waals surface area (Å²) in [5.41, 5.74) is 0. The quantitative estimate of drug-likeness (QED) is 0.535. The molecule has 0 radical (unpaired) electrons. The number of rotatable bonds is 0. The Morgan fingerprint density at radius 1 is 1.00 bits per heavy atom. The summed E-state index contributed by atoms with van der Waals surface area (Å²) in [4.78, 5) is 0. The third kappa shape index (κ3) is 2.08. The van der Waals surface area contributed by atoms with Crippen LogP contribution in [-0.4, -0.2) is 11.5 Å². The van der Waals surface area contributed by atoms with Crippen molar-refractivity contribution in [3.05, 3.63) is 0 Å². The predicted molar refractivity (Wildman–Crippen MR) is 36.9 cm³/mol. The molecule has 0 aliphatic carbocycles. The van der Waals surface area contributed by atoms with Crippen LogP contribution >= 0.6 is 28.7 Å². The van der Waals surface area contributed by atoms with E-state index in [0.717, 1.165) is 0 Å². The van der Waals surface area contributed by atoms with Gasteiger partial charge in [-0.1, -0.05) is 0 Å². The van der Waals surface area contributed by atoms with Gasteiger partial charge in [0.1, 0.15) is 0 Å². The molecule has 1 rings (SSSR count). The molecule has 0 nitrogen and oxygen atoms in total. The van der Waals surface area contributed by atoms with Gasteiger partial charge in [0.05, 0.1) is 0 Å². The van der Waals surface area contributed by atoms with E-state index in [1.54, 1.807) is 0 Å². The first kappa shape index (κ1) is 6.83. The Morgan fingerprint density at radius 2 is 1.50 bits per heavy atom. The van der Waals surface area contributed by atoms with E-state index in [9.17, 15) is 0 Å². The smallest absolute Gasteiger partial charge is 0.00672 e. The average Bonchev–Trinajstić information content (AvgIpc) is 1.76. The first-order valence-electron chi connectivity index (χ1n) is 2.08. The minimum absolute atomic E-state index is 0. The fourth-order valence-corrected chi connectivity index (χ4v) is 1.53. The number of halogens is 1. The van der Waals surface area contributed by atoms with Crippen LogP contribution in [-0.2, 0) is 0 Å². The number of hydrogen-bond acceptors (Lipinski definition) is 1. The monoisotopic (exact) mass is 168 g/mol. The molecule has 0 aromatic carbocycles. The van der Waals surface area contributed by atoms with E-state index in [0.29, 0.717) is 0 Å². The first-order chi connectivity index (χ1) is 2.50. The van der Waals surface area contributed by atoms with Crippen LogP contribution in [0, 0.1) is 0 Å². The van der Waals surface area contributed by atoms with Gasteiger partial charge in [-0.25, -0.2) is 0 Å². The van der Waals surface area contributed by atoms with E-state index in [1.165, 1.54) is 24.3 Å². The molecule has 1 heterocycles. The second-order valence-corrected chi connectivity index (χ2v) is 2.54. The van der Waals surface area contributed by atoms with Crippen molar-refractivity contribution in [3.63, 3.8) is 0 Å². The molecule has 0 N–H and O–H groups in total. The molecule has 0 amide bonds. The van der Waals surface area contributed by atoms with Gasteiger partial charge in [-0.2, -0.15) is 11.8 Å². The van der Waals surface area contributed by atoms with Gasteiger partial charge in [-0.15, -0.1) is 17.0 Å². The fourth-order valence-electron chi connectivity index (χ4n) is 0.510. The Morgan fingerprint density at radius 3 is 1.67 bits per heavy atom. The zero-order valence-electron chi connectivity index (χ0n) is 3.64. The van der Waals surface area contributed by atoms with Crippen molar-refractivity contribution in [1.82, 2.24) is 0 Å². The van der Waals surface area contributed by atoms with Gasteiger partial charge in [-0.05, 0) is 24.3 Å². The summed E-state index contributed by atoms with van der Waals surface area (Å²) in [5, 5.41) is 0. The summed E-state index contributed by atoms with van der Waals surface area (Å²) in [7, 11) is 0. The third-order valence-corrected chi connectivity index (χ3v) is 1.98. The van der Waals surface area contributed by atoms with Crippen LogP contribution in [0.2, 0.25) is 0 Å². The molecule has 1 fully saturated rings. The lowest BCUT2D eigenvalue weighted by molar-refractivity contribution is 0.949. The van der Waals surface area contributed by atoms with Gasteiger partial charge < -0.3 is 0 Å². The molecule has 1 saturated heterocycles. The standard InChI is InChI=1S/C4H8S.BrH/c1-2-4-5-3-1;/h1-4H2;1H. The molecule has 0 aromatic heterocycles. The zero-order chi connectivity index (χ0) is 3.54. The molecule has 2 heteroatoms. The topological polar surface area (TPSA) is 0 Å². The highest BCUT2D eigenvalue weighted by atomic mass is 79.9. The molecular formula is C4H9BrS.